The summed E-state index contributed by atoms with van der Waals surface area (Å²) >= 11 is 2.84. The van der Waals surface area contributed by atoms with E-state index >= 15 is 0 Å². The van der Waals surface area contributed by atoms with Crippen LogP contribution < -0.4 is 5.32 Å². The van der Waals surface area contributed by atoms with Crippen molar-refractivity contribution in [2.24, 2.45) is 0 Å². The lowest BCUT2D eigenvalue weighted by atomic mass is 10.1. The lowest BCUT2D eigenvalue weighted by Crippen LogP contribution is -2.41. The molecule has 0 unspecified atom stereocenters. The fraction of sp³-hybridized carbons (Fsp3) is 0.320. The number of benzene rings is 1. The number of Topliss-reactive ketones (excluding diaryl/α,β-unsaturated/α-hetero) is 1. The SMILES string of the molecule is Cc1ccc(C(=O)CCC(=O)Nc2sc(-c3ccccc3)c(C)c2C(=O)N2CCOCC2)s1. The Hall–Kier alpha value is -2.81. The standard InChI is InChI=1S/C25H26N2O4S2/c1-16-8-10-20(32-16)19(28)9-11-21(29)26-24-22(25(30)27-12-14-31-15-13-27)17(2)23(33-24)18-6-4-3-5-7-18/h3-8,10H,9,11-15H2,1-2H3,(H,26,29). The first-order valence-electron chi connectivity index (χ1n) is 10.9. The number of thiophene rings is 2. The van der Waals surface area contributed by atoms with Crippen LogP contribution in [0.3, 0.4) is 0 Å². The number of carbonyl (C=O) groups excluding carboxylic acids is 3. The highest BCUT2D eigenvalue weighted by Crippen LogP contribution is 2.40. The molecule has 4 rings (SSSR count). The zero-order valence-corrected chi connectivity index (χ0v) is 20.3. The van der Waals surface area contributed by atoms with E-state index in [0.717, 1.165) is 20.9 Å². The van der Waals surface area contributed by atoms with Crippen molar-refractivity contribution in [1.29, 1.82) is 0 Å². The zero-order valence-electron chi connectivity index (χ0n) is 18.7. The minimum absolute atomic E-state index is 0.0415. The van der Waals surface area contributed by atoms with Crippen LogP contribution in [0.25, 0.3) is 10.4 Å². The third kappa shape index (κ3) is 5.40. The van der Waals surface area contributed by atoms with E-state index in [1.165, 1.54) is 22.7 Å². The Labute approximate surface area is 201 Å². The van der Waals surface area contributed by atoms with Crippen LogP contribution in [-0.2, 0) is 9.53 Å². The summed E-state index contributed by atoms with van der Waals surface area (Å²) in [6.07, 6.45) is 0.201. The van der Waals surface area contributed by atoms with Crippen molar-refractivity contribution in [3.8, 4) is 10.4 Å². The van der Waals surface area contributed by atoms with Gasteiger partial charge in [-0.2, -0.15) is 0 Å². The van der Waals surface area contributed by atoms with Gasteiger partial charge in [-0.3, -0.25) is 14.4 Å². The highest BCUT2D eigenvalue weighted by atomic mass is 32.1. The Bertz CT molecular complexity index is 1160. The summed E-state index contributed by atoms with van der Waals surface area (Å²) < 4.78 is 5.39. The maximum absolute atomic E-state index is 13.4. The van der Waals surface area contributed by atoms with Crippen molar-refractivity contribution in [2.45, 2.75) is 26.7 Å². The number of rotatable bonds is 7. The molecule has 172 valence electrons. The average Bonchev–Trinajstić information content (AvgIpc) is 3.41. The molecule has 1 fully saturated rings. The number of nitrogens with zero attached hydrogens (tertiary/aromatic N) is 1. The van der Waals surface area contributed by atoms with E-state index in [0.29, 0.717) is 41.7 Å². The predicted molar refractivity (Wildman–Crippen MR) is 132 cm³/mol. The van der Waals surface area contributed by atoms with Gasteiger partial charge in [-0.1, -0.05) is 30.3 Å². The minimum atomic E-state index is -0.270. The van der Waals surface area contributed by atoms with Crippen LogP contribution in [0.1, 0.15) is 43.3 Å². The van der Waals surface area contributed by atoms with E-state index in [4.69, 9.17) is 4.74 Å². The van der Waals surface area contributed by atoms with Crippen molar-refractivity contribution in [3.05, 3.63) is 63.3 Å². The second-order valence-corrected chi connectivity index (χ2v) is 10.2. The molecular formula is C25H26N2O4S2. The van der Waals surface area contributed by atoms with Crippen molar-refractivity contribution in [3.63, 3.8) is 0 Å². The maximum Gasteiger partial charge on any atom is 0.257 e. The fourth-order valence-electron chi connectivity index (χ4n) is 3.77. The van der Waals surface area contributed by atoms with Crippen LogP contribution in [0, 0.1) is 13.8 Å². The summed E-state index contributed by atoms with van der Waals surface area (Å²) in [7, 11) is 0. The van der Waals surface area contributed by atoms with Gasteiger partial charge in [0, 0.05) is 35.7 Å². The van der Waals surface area contributed by atoms with Crippen LogP contribution in [0.5, 0.6) is 0 Å². The largest absolute Gasteiger partial charge is 0.378 e. The molecular weight excluding hydrogens is 456 g/mol. The number of anilines is 1. The number of hydrogen-bond donors (Lipinski definition) is 1. The number of amides is 2. The third-order valence-electron chi connectivity index (χ3n) is 5.54. The molecule has 33 heavy (non-hydrogen) atoms. The summed E-state index contributed by atoms with van der Waals surface area (Å²) in [4.78, 5) is 43.0. The quantitative estimate of drug-likeness (QED) is 0.472. The number of nitrogens with one attached hydrogen (secondary N) is 1. The molecule has 1 saturated heterocycles. The van der Waals surface area contributed by atoms with E-state index in [-0.39, 0.29) is 30.4 Å². The maximum atomic E-state index is 13.4. The first-order chi connectivity index (χ1) is 15.9. The summed E-state index contributed by atoms with van der Waals surface area (Å²) in [6, 6.07) is 13.5. The Morgan fingerprint density at radius 3 is 2.36 bits per heavy atom. The van der Waals surface area contributed by atoms with Crippen LogP contribution in [0.4, 0.5) is 5.00 Å². The van der Waals surface area contributed by atoms with Gasteiger partial charge in [0.2, 0.25) is 5.91 Å². The molecule has 1 N–H and O–H groups in total. The van der Waals surface area contributed by atoms with Crippen LogP contribution >= 0.6 is 22.7 Å². The molecule has 0 saturated carbocycles. The number of carbonyl (C=O) groups is 3. The van der Waals surface area contributed by atoms with E-state index in [2.05, 4.69) is 5.32 Å². The molecule has 3 aromatic rings. The number of aryl methyl sites for hydroxylation is 1. The molecule has 1 aliphatic heterocycles. The van der Waals surface area contributed by atoms with Gasteiger partial charge >= 0.3 is 0 Å². The summed E-state index contributed by atoms with van der Waals surface area (Å²) in [6.45, 7) is 5.93. The Balaban J connectivity index is 1.55. The molecule has 3 heterocycles. The lowest BCUT2D eigenvalue weighted by molar-refractivity contribution is -0.116. The third-order valence-corrected chi connectivity index (χ3v) is 7.84. The van der Waals surface area contributed by atoms with Gasteiger partial charge < -0.3 is 15.0 Å². The summed E-state index contributed by atoms with van der Waals surface area (Å²) in [5.41, 5.74) is 2.37. The predicted octanol–water partition coefficient (Wildman–Crippen LogP) is 5.17. The topological polar surface area (TPSA) is 75.7 Å². The summed E-state index contributed by atoms with van der Waals surface area (Å²) in [5.74, 6) is -0.414. The number of ketones is 1. The molecule has 0 bridgehead atoms. The Morgan fingerprint density at radius 1 is 0.970 bits per heavy atom. The highest BCUT2D eigenvalue weighted by Gasteiger charge is 2.28. The van der Waals surface area contributed by atoms with Gasteiger partial charge in [0.25, 0.3) is 5.91 Å². The van der Waals surface area contributed by atoms with Gasteiger partial charge in [0.15, 0.2) is 5.78 Å². The van der Waals surface area contributed by atoms with Crippen molar-refractivity contribution in [1.82, 2.24) is 4.90 Å². The monoisotopic (exact) mass is 482 g/mol. The molecule has 6 nitrogen and oxygen atoms in total. The first-order valence-corrected chi connectivity index (χ1v) is 12.5. The van der Waals surface area contributed by atoms with Gasteiger partial charge in [-0.15, -0.1) is 22.7 Å². The molecule has 0 aliphatic carbocycles. The Kier molecular flexibility index (Phi) is 7.37. The van der Waals surface area contributed by atoms with Crippen molar-refractivity contribution >= 4 is 45.3 Å². The molecule has 8 heteroatoms. The average molecular weight is 483 g/mol. The molecule has 2 aromatic heterocycles. The van der Waals surface area contributed by atoms with E-state index in [9.17, 15) is 14.4 Å². The van der Waals surface area contributed by atoms with Crippen LogP contribution in [0.15, 0.2) is 42.5 Å². The van der Waals surface area contributed by atoms with Crippen molar-refractivity contribution in [2.75, 3.05) is 31.6 Å². The molecule has 0 radical (unpaired) electrons. The first kappa shape index (κ1) is 23.4. The molecule has 1 aliphatic rings. The number of hydrogen-bond acceptors (Lipinski definition) is 6. The smallest absolute Gasteiger partial charge is 0.257 e. The van der Waals surface area contributed by atoms with Crippen LogP contribution in [0.2, 0.25) is 0 Å². The van der Waals surface area contributed by atoms with E-state index < -0.39 is 0 Å². The number of ether oxygens (including phenoxy) is 1. The van der Waals surface area contributed by atoms with Gasteiger partial charge in [0.05, 0.1) is 23.7 Å². The lowest BCUT2D eigenvalue weighted by Gasteiger charge is -2.27. The zero-order chi connectivity index (χ0) is 23.4. The molecule has 1 aromatic carbocycles. The fourth-order valence-corrected chi connectivity index (χ4v) is 5.83. The number of morpholine rings is 1. The van der Waals surface area contributed by atoms with E-state index in [1.54, 1.807) is 11.0 Å². The highest BCUT2D eigenvalue weighted by molar-refractivity contribution is 7.20. The second kappa shape index (κ2) is 10.4. The minimum Gasteiger partial charge on any atom is -0.378 e. The molecule has 0 spiro atoms. The van der Waals surface area contributed by atoms with Gasteiger partial charge in [-0.25, -0.2) is 0 Å². The van der Waals surface area contributed by atoms with E-state index in [1.807, 2.05) is 50.2 Å². The normalized spacial score (nSPS) is 13.7. The summed E-state index contributed by atoms with van der Waals surface area (Å²) in [5, 5.41) is 3.46. The van der Waals surface area contributed by atoms with Gasteiger partial charge in [0.1, 0.15) is 5.00 Å². The molecule has 2 amide bonds. The van der Waals surface area contributed by atoms with Crippen molar-refractivity contribution < 1.29 is 19.1 Å². The van der Waals surface area contributed by atoms with Gasteiger partial charge in [-0.05, 0) is 37.1 Å². The second-order valence-electron chi connectivity index (χ2n) is 7.91. The van der Waals surface area contributed by atoms with Crippen LogP contribution in [-0.4, -0.2) is 48.8 Å². The molecule has 0 atom stereocenters. The Morgan fingerprint density at radius 2 is 1.70 bits per heavy atom.